The van der Waals surface area contributed by atoms with Crippen LogP contribution in [0.5, 0.6) is 11.5 Å². The third kappa shape index (κ3) is 5.84. The first-order valence-corrected chi connectivity index (χ1v) is 9.39. The van der Waals surface area contributed by atoms with Gasteiger partial charge in [-0.2, -0.15) is 0 Å². The fraction of sp³-hybridized carbons (Fsp3) is 0.227. The smallest absolute Gasteiger partial charge is 0.324 e. The molecule has 30 heavy (non-hydrogen) atoms. The maximum Gasteiger partial charge on any atom is 0.324 e. The summed E-state index contributed by atoms with van der Waals surface area (Å²) in [5, 5.41) is 9.21. The van der Waals surface area contributed by atoms with Gasteiger partial charge in [0.25, 0.3) is 0 Å². The lowest BCUT2D eigenvalue weighted by molar-refractivity contribution is -0.117. The van der Waals surface area contributed by atoms with E-state index in [0.29, 0.717) is 28.8 Å². The van der Waals surface area contributed by atoms with Crippen molar-refractivity contribution in [3.05, 3.63) is 65.9 Å². The van der Waals surface area contributed by atoms with Gasteiger partial charge in [-0.25, -0.2) is 4.79 Å². The van der Waals surface area contributed by atoms with Crippen LogP contribution in [0, 0.1) is 0 Å². The van der Waals surface area contributed by atoms with Crippen LogP contribution in [0.2, 0.25) is 0 Å². The SMILES string of the molecule is CC(C)(C)c1cc(NC(=O)Nc2ccc(Oc3cccc(CC(N)=O)c3)cc2)no1. The number of urea groups is 1. The lowest BCUT2D eigenvalue weighted by Gasteiger charge is -2.12. The Kier molecular flexibility index (Phi) is 6.06. The molecule has 0 radical (unpaired) electrons. The van der Waals surface area contributed by atoms with Crippen LogP contribution in [0.25, 0.3) is 0 Å². The highest BCUT2D eigenvalue weighted by atomic mass is 16.5. The van der Waals surface area contributed by atoms with Gasteiger partial charge in [-0.1, -0.05) is 38.1 Å². The molecule has 0 unspecified atom stereocenters. The molecule has 0 atom stereocenters. The number of hydrogen-bond donors (Lipinski definition) is 3. The molecule has 2 aromatic carbocycles. The van der Waals surface area contributed by atoms with Crippen LogP contribution in [-0.4, -0.2) is 17.1 Å². The van der Waals surface area contributed by atoms with Crippen molar-refractivity contribution >= 4 is 23.4 Å². The maximum absolute atomic E-state index is 12.2. The number of amides is 3. The molecule has 8 nitrogen and oxygen atoms in total. The minimum absolute atomic E-state index is 0.151. The van der Waals surface area contributed by atoms with Crippen LogP contribution in [-0.2, 0) is 16.6 Å². The summed E-state index contributed by atoms with van der Waals surface area (Å²) >= 11 is 0. The number of nitrogens with one attached hydrogen (secondary N) is 2. The molecule has 3 amide bonds. The predicted octanol–water partition coefficient (Wildman–Crippen LogP) is 4.44. The van der Waals surface area contributed by atoms with Crippen LogP contribution in [0.4, 0.5) is 16.3 Å². The molecule has 0 aliphatic rings. The minimum atomic E-state index is -0.434. The van der Waals surface area contributed by atoms with Crippen LogP contribution in [0.3, 0.4) is 0 Å². The molecule has 4 N–H and O–H groups in total. The van der Waals surface area contributed by atoms with E-state index in [2.05, 4.69) is 15.8 Å². The first-order chi connectivity index (χ1) is 14.2. The molecule has 0 aliphatic heterocycles. The Morgan fingerprint density at radius 2 is 1.77 bits per heavy atom. The molecule has 3 aromatic rings. The first kappa shape index (κ1) is 20.9. The largest absolute Gasteiger partial charge is 0.457 e. The summed E-state index contributed by atoms with van der Waals surface area (Å²) in [6, 6.07) is 15.3. The number of nitrogens with two attached hydrogens (primary N) is 1. The van der Waals surface area contributed by atoms with Gasteiger partial charge in [-0.3, -0.25) is 10.1 Å². The lowest BCUT2D eigenvalue weighted by Crippen LogP contribution is -2.19. The van der Waals surface area contributed by atoms with Gasteiger partial charge in [0.05, 0.1) is 6.42 Å². The molecule has 0 bridgehead atoms. The minimum Gasteiger partial charge on any atom is -0.457 e. The second kappa shape index (κ2) is 8.69. The quantitative estimate of drug-likeness (QED) is 0.557. The number of aromatic nitrogens is 1. The van der Waals surface area contributed by atoms with Crippen molar-refractivity contribution in [2.45, 2.75) is 32.6 Å². The monoisotopic (exact) mass is 408 g/mol. The van der Waals surface area contributed by atoms with Crippen LogP contribution >= 0.6 is 0 Å². The summed E-state index contributed by atoms with van der Waals surface area (Å²) < 4.78 is 11.0. The van der Waals surface area contributed by atoms with Crippen molar-refractivity contribution in [2.24, 2.45) is 5.73 Å². The zero-order valence-electron chi connectivity index (χ0n) is 17.1. The molecule has 0 saturated heterocycles. The molecule has 0 fully saturated rings. The molecule has 1 aromatic heterocycles. The first-order valence-electron chi connectivity index (χ1n) is 9.39. The molecule has 0 aliphatic carbocycles. The molecule has 0 spiro atoms. The fourth-order valence-corrected chi connectivity index (χ4v) is 2.63. The number of ether oxygens (including phenoxy) is 1. The van der Waals surface area contributed by atoms with Crippen molar-refractivity contribution in [1.29, 1.82) is 0 Å². The summed E-state index contributed by atoms with van der Waals surface area (Å²) in [6.07, 6.45) is 0.151. The van der Waals surface area contributed by atoms with E-state index in [1.807, 2.05) is 26.8 Å². The fourth-order valence-electron chi connectivity index (χ4n) is 2.63. The second-order valence-corrected chi connectivity index (χ2v) is 7.82. The average molecular weight is 408 g/mol. The number of primary amides is 1. The van der Waals surface area contributed by atoms with Gasteiger partial charge in [0.15, 0.2) is 5.82 Å². The molecule has 1 heterocycles. The third-order valence-electron chi connectivity index (χ3n) is 4.12. The standard InChI is InChI=1S/C22H24N4O4/c1-22(2,3)18-13-20(26-30-18)25-21(28)24-15-7-9-16(10-8-15)29-17-6-4-5-14(11-17)12-19(23)27/h4-11,13H,12H2,1-3H3,(H2,23,27)(H2,24,25,26,28). The van der Waals surface area contributed by atoms with Crippen LogP contribution in [0.15, 0.2) is 59.1 Å². The van der Waals surface area contributed by atoms with E-state index < -0.39 is 11.9 Å². The number of benzene rings is 2. The van der Waals surface area contributed by atoms with Gasteiger partial charge >= 0.3 is 6.03 Å². The lowest BCUT2D eigenvalue weighted by atomic mass is 9.93. The van der Waals surface area contributed by atoms with E-state index in [4.69, 9.17) is 15.0 Å². The van der Waals surface area contributed by atoms with Gasteiger partial charge in [-0.15, -0.1) is 0 Å². The van der Waals surface area contributed by atoms with E-state index in [9.17, 15) is 9.59 Å². The number of hydrogen-bond acceptors (Lipinski definition) is 5. The number of carbonyl (C=O) groups is 2. The normalized spacial score (nSPS) is 11.0. The maximum atomic E-state index is 12.2. The van der Waals surface area contributed by atoms with E-state index in [0.717, 1.165) is 5.56 Å². The molecular weight excluding hydrogens is 384 g/mol. The van der Waals surface area contributed by atoms with Crippen LogP contribution < -0.4 is 21.1 Å². The molecule has 0 saturated carbocycles. The highest BCUT2D eigenvalue weighted by Gasteiger charge is 2.20. The molecule has 156 valence electrons. The highest BCUT2D eigenvalue weighted by molar-refractivity contribution is 5.99. The highest BCUT2D eigenvalue weighted by Crippen LogP contribution is 2.25. The Balaban J connectivity index is 1.57. The van der Waals surface area contributed by atoms with Crippen LogP contribution in [0.1, 0.15) is 32.1 Å². The molecular formula is C22H24N4O4. The number of anilines is 2. The van der Waals surface area contributed by atoms with E-state index in [1.54, 1.807) is 48.5 Å². The Labute approximate surface area is 174 Å². The van der Waals surface area contributed by atoms with Crippen molar-refractivity contribution < 1.29 is 18.8 Å². The van der Waals surface area contributed by atoms with E-state index >= 15 is 0 Å². The van der Waals surface area contributed by atoms with Crippen molar-refractivity contribution in [1.82, 2.24) is 5.16 Å². The number of rotatable bonds is 6. The van der Waals surface area contributed by atoms with Gasteiger partial charge < -0.3 is 20.3 Å². The molecule has 3 rings (SSSR count). The summed E-state index contributed by atoms with van der Waals surface area (Å²) in [4.78, 5) is 23.2. The Hall–Kier alpha value is -3.81. The Morgan fingerprint density at radius 3 is 2.40 bits per heavy atom. The topological polar surface area (TPSA) is 119 Å². The van der Waals surface area contributed by atoms with Crippen molar-refractivity contribution in [2.75, 3.05) is 10.6 Å². The summed E-state index contributed by atoms with van der Waals surface area (Å²) in [6.45, 7) is 5.99. The molecule has 8 heteroatoms. The van der Waals surface area contributed by atoms with Gasteiger partial charge in [0.2, 0.25) is 5.91 Å². The Morgan fingerprint density at radius 1 is 1.03 bits per heavy atom. The van der Waals surface area contributed by atoms with Crippen molar-refractivity contribution in [3.8, 4) is 11.5 Å². The zero-order valence-corrected chi connectivity index (χ0v) is 17.1. The van der Waals surface area contributed by atoms with Gasteiger partial charge in [-0.05, 0) is 42.0 Å². The number of nitrogens with zero attached hydrogens (tertiary/aromatic N) is 1. The Bertz CT molecular complexity index is 1040. The summed E-state index contributed by atoms with van der Waals surface area (Å²) in [7, 11) is 0. The predicted molar refractivity (Wildman–Crippen MR) is 114 cm³/mol. The van der Waals surface area contributed by atoms with Crippen molar-refractivity contribution in [3.63, 3.8) is 0 Å². The average Bonchev–Trinajstić information content (AvgIpc) is 3.12. The second-order valence-electron chi connectivity index (χ2n) is 7.82. The summed E-state index contributed by atoms with van der Waals surface area (Å²) in [5.74, 6) is 1.80. The third-order valence-corrected chi connectivity index (χ3v) is 4.12. The van der Waals surface area contributed by atoms with Gasteiger partial charge in [0.1, 0.15) is 17.3 Å². The van der Waals surface area contributed by atoms with E-state index in [-0.39, 0.29) is 11.8 Å². The van der Waals surface area contributed by atoms with Gasteiger partial charge in [0, 0.05) is 17.2 Å². The zero-order chi connectivity index (χ0) is 21.7. The number of carbonyl (C=O) groups excluding carboxylic acids is 2. The van der Waals surface area contributed by atoms with E-state index in [1.165, 1.54) is 0 Å². The summed E-state index contributed by atoms with van der Waals surface area (Å²) in [5.41, 5.74) is 6.39.